The summed E-state index contributed by atoms with van der Waals surface area (Å²) < 4.78 is 0. The summed E-state index contributed by atoms with van der Waals surface area (Å²) in [5.41, 5.74) is 1.41. The Balaban J connectivity index is 2.56. The average molecular weight is 298 g/mol. The monoisotopic (exact) mass is 298 g/mol. The molecule has 0 aliphatic rings. The van der Waals surface area contributed by atoms with Crippen molar-refractivity contribution in [1.82, 2.24) is 0 Å². The Morgan fingerprint density at radius 2 is 1.59 bits per heavy atom. The van der Waals surface area contributed by atoms with Crippen molar-refractivity contribution in [3.8, 4) is 11.5 Å². The van der Waals surface area contributed by atoms with Crippen LogP contribution in [0.5, 0.6) is 11.5 Å². The van der Waals surface area contributed by atoms with Crippen LogP contribution in [0.4, 0.5) is 0 Å². The molecule has 0 heterocycles. The van der Waals surface area contributed by atoms with Crippen LogP contribution >= 0.6 is 0 Å². The van der Waals surface area contributed by atoms with E-state index in [9.17, 15) is 20.1 Å². The second-order valence-electron chi connectivity index (χ2n) is 5.36. The highest BCUT2D eigenvalue weighted by Gasteiger charge is 2.18. The molecule has 22 heavy (non-hydrogen) atoms. The molecule has 0 bridgehead atoms. The van der Waals surface area contributed by atoms with Crippen molar-refractivity contribution in [2.24, 2.45) is 0 Å². The molecular weight excluding hydrogens is 280 g/mol. The molecule has 3 N–H and O–H groups in total. The van der Waals surface area contributed by atoms with E-state index in [1.54, 1.807) is 12.1 Å². The molecule has 0 amide bonds. The van der Waals surface area contributed by atoms with Gasteiger partial charge in [0.05, 0.1) is 5.57 Å². The second-order valence-corrected chi connectivity index (χ2v) is 5.36. The fourth-order valence-electron chi connectivity index (χ4n) is 2.35. The summed E-state index contributed by atoms with van der Waals surface area (Å²) in [6.07, 6.45) is 1.51. The molecule has 4 nitrogen and oxygen atoms in total. The van der Waals surface area contributed by atoms with Crippen LogP contribution < -0.4 is 0 Å². The van der Waals surface area contributed by atoms with Gasteiger partial charge in [-0.25, -0.2) is 4.79 Å². The Morgan fingerprint density at radius 3 is 2.05 bits per heavy atom. The fourth-order valence-corrected chi connectivity index (χ4v) is 2.35. The minimum absolute atomic E-state index is 0.00658. The Kier molecular flexibility index (Phi) is 4.51. The van der Waals surface area contributed by atoms with Gasteiger partial charge in [-0.05, 0) is 35.3 Å². The van der Waals surface area contributed by atoms with Crippen molar-refractivity contribution >= 4 is 17.6 Å². The molecule has 0 radical (unpaired) electrons. The molecular formula is C18H18O4. The number of carboxylic acid groups (broad SMARTS) is 1. The molecule has 0 fully saturated rings. The van der Waals surface area contributed by atoms with E-state index < -0.39 is 5.97 Å². The van der Waals surface area contributed by atoms with Gasteiger partial charge in [0.25, 0.3) is 0 Å². The van der Waals surface area contributed by atoms with Crippen LogP contribution in [0.25, 0.3) is 11.6 Å². The predicted molar refractivity (Wildman–Crippen MR) is 85.8 cm³/mol. The number of rotatable bonds is 4. The number of hydrogen-bond acceptors (Lipinski definition) is 3. The van der Waals surface area contributed by atoms with Crippen molar-refractivity contribution in [2.75, 3.05) is 0 Å². The summed E-state index contributed by atoms with van der Waals surface area (Å²) in [5.74, 6) is -1.41. The highest BCUT2D eigenvalue weighted by molar-refractivity contribution is 6.20. The summed E-state index contributed by atoms with van der Waals surface area (Å²) in [4.78, 5) is 11.5. The van der Waals surface area contributed by atoms with Gasteiger partial charge in [-0.3, -0.25) is 0 Å². The maximum Gasteiger partial charge on any atom is 0.336 e. The molecule has 0 aliphatic carbocycles. The van der Waals surface area contributed by atoms with Crippen LogP contribution in [0.2, 0.25) is 0 Å². The lowest BCUT2D eigenvalue weighted by molar-refractivity contribution is -0.130. The first kappa shape index (κ1) is 15.6. The minimum atomic E-state index is -1.13. The lowest BCUT2D eigenvalue weighted by Crippen LogP contribution is -2.01. The van der Waals surface area contributed by atoms with Gasteiger partial charge in [-0.1, -0.05) is 44.2 Å². The lowest BCUT2D eigenvalue weighted by atomic mass is 9.95. The van der Waals surface area contributed by atoms with Gasteiger partial charge in [-0.2, -0.15) is 0 Å². The van der Waals surface area contributed by atoms with Gasteiger partial charge in [-0.15, -0.1) is 0 Å². The first-order valence-electron chi connectivity index (χ1n) is 6.96. The predicted octanol–water partition coefficient (Wildman–Crippen LogP) is 3.85. The zero-order valence-corrected chi connectivity index (χ0v) is 12.4. The van der Waals surface area contributed by atoms with E-state index >= 15 is 0 Å². The van der Waals surface area contributed by atoms with Crippen molar-refractivity contribution in [2.45, 2.75) is 19.8 Å². The molecule has 114 valence electrons. The number of benzene rings is 2. The average Bonchev–Trinajstić information content (AvgIpc) is 2.44. The van der Waals surface area contributed by atoms with E-state index in [0.717, 1.165) is 5.56 Å². The first-order valence-corrected chi connectivity index (χ1v) is 6.96. The van der Waals surface area contributed by atoms with E-state index in [2.05, 4.69) is 0 Å². The minimum Gasteiger partial charge on any atom is -0.507 e. The smallest absolute Gasteiger partial charge is 0.336 e. The second kappa shape index (κ2) is 6.35. The highest BCUT2D eigenvalue weighted by atomic mass is 16.4. The van der Waals surface area contributed by atoms with Gasteiger partial charge in [0.2, 0.25) is 0 Å². The van der Waals surface area contributed by atoms with Crippen LogP contribution in [0.1, 0.15) is 36.5 Å². The molecule has 0 aliphatic heterocycles. The standard InChI is InChI=1S/C18H18O4/c1-11(2)17-15(19)9-13(10-16(17)20)14(18(21)22)8-12-6-4-3-5-7-12/h3-11,19-20H,1-2H3,(H,21,22). The van der Waals surface area contributed by atoms with Crippen LogP contribution in [0.3, 0.4) is 0 Å². The molecule has 0 spiro atoms. The number of carbonyl (C=O) groups is 1. The zero-order chi connectivity index (χ0) is 16.3. The van der Waals surface area contributed by atoms with E-state index in [0.29, 0.717) is 5.56 Å². The Hall–Kier alpha value is -2.75. The molecule has 0 saturated carbocycles. The third-order valence-electron chi connectivity index (χ3n) is 3.37. The molecule has 0 unspecified atom stereocenters. The fraction of sp³-hybridized carbons (Fsp3) is 0.167. The summed E-state index contributed by atoms with van der Waals surface area (Å²) in [6.45, 7) is 3.68. The normalized spacial score (nSPS) is 11.7. The molecule has 2 rings (SSSR count). The Morgan fingerprint density at radius 1 is 1.05 bits per heavy atom. The van der Waals surface area contributed by atoms with Gasteiger partial charge in [0.15, 0.2) is 0 Å². The van der Waals surface area contributed by atoms with Gasteiger partial charge in [0, 0.05) is 5.56 Å². The summed E-state index contributed by atoms with van der Waals surface area (Å²) in [6, 6.07) is 11.8. The van der Waals surface area contributed by atoms with Crippen molar-refractivity contribution in [3.05, 3.63) is 59.2 Å². The summed E-state index contributed by atoms with van der Waals surface area (Å²) >= 11 is 0. The molecule has 4 heteroatoms. The van der Waals surface area contributed by atoms with Gasteiger partial charge >= 0.3 is 5.97 Å². The van der Waals surface area contributed by atoms with Crippen LogP contribution in [0, 0.1) is 0 Å². The first-order chi connectivity index (χ1) is 10.4. The summed E-state index contributed by atoms with van der Waals surface area (Å²) in [7, 11) is 0. The maximum absolute atomic E-state index is 11.5. The van der Waals surface area contributed by atoms with E-state index in [4.69, 9.17) is 0 Å². The van der Waals surface area contributed by atoms with Gasteiger partial charge in [0.1, 0.15) is 11.5 Å². The highest BCUT2D eigenvalue weighted by Crippen LogP contribution is 2.37. The largest absolute Gasteiger partial charge is 0.507 e. The number of aliphatic carboxylic acids is 1. The zero-order valence-electron chi connectivity index (χ0n) is 12.4. The maximum atomic E-state index is 11.5. The molecule has 0 saturated heterocycles. The molecule has 2 aromatic carbocycles. The van der Waals surface area contributed by atoms with Gasteiger partial charge < -0.3 is 15.3 Å². The van der Waals surface area contributed by atoms with E-state index in [-0.39, 0.29) is 28.6 Å². The van der Waals surface area contributed by atoms with Crippen molar-refractivity contribution in [1.29, 1.82) is 0 Å². The van der Waals surface area contributed by atoms with Crippen molar-refractivity contribution < 1.29 is 20.1 Å². The number of aromatic hydroxyl groups is 2. The quantitative estimate of drug-likeness (QED) is 0.592. The number of hydrogen-bond donors (Lipinski definition) is 3. The number of phenols is 2. The van der Waals surface area contributed by atoms with Crippen molar-refractivity contribution in [3.63, 3.8) is 0 Å². The van der Waals surface area contributed by atoms with Crippen LogP contribution in [-0.2, 0) is 4.79 Å². The van der Waals surface area contributed by atoms with E-state index in [1.165, 1.54) is 18.2 Å². The van der Waals surface area contributed by atoms with E-state index in [1.807, 2.05) is 32.0 Å². The topological polar surface area (TPSA) is 77.8 Å². The van der Waals surface area contributed by atoms with Crippen LogP contribution in [0.15, 0.2) is 42.5 Å². The molecule has 2 aromatic rings. The van der Waals surface area contributed by atoms with Crippen LogP contribution in [-0.4, -0.2) is 21.3 Å². The SMILES string of the molecule is CC(C)c1c(O)cc(C(=Cc2ccccc2)C(=O)O)cc1O. The Bertz CT molecular complexity index is 692. The lowest BCUT2D eigenvalue weighted by Gasteiger charge is -2.13. The molecule has 0 aromatic heterocycles. The third kappa shape index (κ3) is 3.28. The Labute approximate surface area is 129 Å². The number of carboxylic acids is 1. The molecule has 0 atom stereocenters. The number of phenolic OH excluding ortho intramolecular Hbond substituents is 2. The summed E-state index contributed by atoms with van der Waals surface area (Å²) in [5, 5.41) is 29.5. The third-order valence-corrected chi connectivity index (χ3v) is 3.37.